The Labute approximate surface area is 132 Å². The lowest BCUT2D eigenvalue weighted by molar-refractivity contribution is 0.569. The number of thioether (sulfide) groups is 1. The Balaban J connectivity index is 3.57. The molecule has 98 valence electrons. The van der Waals surface area contributed by atoms with Gasteiger partial charge in [0.15, 0.2) is 0 Å². The molecule has 0 fully saturated rings. The van der Waals surface area contributed by atoms with Crippen molar-refractivity contribution in [3.8, 4) is 0 Å². The van der Waals surface area contributed by atoms with Gasteiger partial charge in [0.1, 0.15) is 0 Å². The lowest BCUT2D eigenvalue weighted by Crippen LogP contribution is -2.29. The van der Waals surface area contributed by atoms with Crippen molar-refractivity contribution >= 4 is 46.5 Å². The van der Waals surface area contributed by atoms with E-state index in [0.717, 1.165) is 0 Å². The first kappa shape index (κ1) is 16.9. The summed E-state index contributed by atoms with van der Waals surface area (Å²) in [6, 6.07) is 4.83. The topological polar surface area (TPSA) is 0 Å². The molecule has 18 heavy (non-hydrogen) atoms. The summed E-state index contributed by atoms with van der Waals surface area (Å²) in [6.45, 7) is 13.8. The summed E-state index contributed by atoms with van der Waals surface area (Å²) < 4.78 is 1.59. The molecular formula is C15H23BrMgS. The average Bonchev–Trinajstić information content (AvgIpc) is 2.24. The smallest absolute Gasteiger partial charge is 0.296 e. The van der Waals surface area contributed by atoms with Gasteiger partial charge >= 0.3 is 18.2 Å². The predicted molar refractivity (Wildman–Crippen MR) is 89.9 cm³/mol. The molecule has 0 saturated carbocycles. The van der Waals surface area contributed by atoms with Crippen molar-refractivity contribution in [2.45, 2.75) is 57.3 Å². The normalized spacial score (nSPS) is 12.4. The number of hydrogen-bond donors (Lipinski definition) is 0. The average molecular weight is 340 g/mol. The fourth-order valence-corrected chi connectivity index (χ4v) is 6.70. The van der Waals surface area contributed by atoms with Gasteiger partial charge in [-0.3, -0.25) is 12.9 Å². The molecule has 0 spiro atoms. The molecule has 0 saturated heterocycles. The Bertz CT molecular complexity index is 427. The highest BCUT2D eigenvalue weighted by molar-refractivity contribution is 9.23. The zero-order valence-corrected chi connectivity index (χ0v) is 16.5. The number of benzene rings is 1. The van der Waals surface area contributed by atoms with Crippen LogP contribution in [0.5, 0.6) is 0 Å². The molecule has 0 atom stereocenters. The minimum atomic E-state index is -0.325. The second-order valence-electron chi connectivity index (χ2n) is 6.84. The molecule has 1 aromatic rings. The fourth-order valence-electron chi connectivity index (χ4n) is 2.07. The summed E-state index contributed by atoms with van der Waals surface area (Å²) in [6.07, 6.45) is 2.19. The zero-order chi connectivity index (χ0) is 14.1. The van der Waals surface area contributed by atoms with Crippen LogP contribution in [0.15, 0.2) is 17.0 Å². The van der Waals surface area contributed by atoms with E-state index in [1.807, 2.05) is 11.8 Å². The molecule has 0 N–H and O–H groups in total. The first-order valence-electron chi connectivity index (χ1n) is 6.39. The van der Waals surface area contributed by atoms with Gasteiger partial charge in [0.25, 0.3) is 0 Å². The summed E-state index contributed by atoms with van der Waals surface area (Å²) in [5.41, 5.74) is 3.43. The maximum absolute atomic E-state index is 3.79. The summed E-state index contributed by atoms with van der Waals surface area (Å²) in [5.74, 6) is 0. The van der Waals surface area contributed by atoms with E-state index in [1.54, 1.807) is 3.69 Å². The predicted octanol–water partition coefficient (Wildman–Crippen LogP) is 4.64. The molecule has 0 aliphatic rings. The molecule has 0 heterocycles. The third kappa shape index (κ3) is 3.91. The molecule has 1 rings (SSSR count). The fraction of sp³-hybridized carbons (Fsp3) is 0.600. The van der Waals surface area contributed by atoms with Crippen molar-refractivity contribution in [3.63, 3.8) is 0 Å². The van der Waals surface area contributed by atoms with Crippen LogP contribution in [0.1, 0.15) is 52.7 Å². The molecule has 3 heteroatoms. The summed E-state index contributed by atoms with van der Waals surface area (Å²) in [7, 11) is 0. The SMILES string of the molecule is CSc1cc(C(C)(C)C)cc(C(C)(C)C)[c]1[Mg][Br]. The van der Waals surface area contributed by atoms with Gasteiger partial charge in [-0.25, -0.2) is 0 Å². The van der Waals surface area contributed by atoms with E-state index >= 15 is 0 Å². The first-order chi connectivity index (χ1) is 8.11. The molecule has 0 aliphatic heterocycles. The lowest BCUT2D eigenvalue weighted by atomic mass is 9.80. The van der Waals surface area contributed by atoms with Crippen LogP contribution in [0.4, 0.5) is 0 Å². The van der Waals surface area contributed by atoms with Crippen molar-refractivity contribution in [1.82, 2.24) is 0 Å². The Morgan fingerprint density at radius 2 is 1.56 bits per heavy atom. The molecule has 0 unspecified atom stereocenters. The van der Waals surface area contributed by atoms with E-state index in [4.69, 9.17) is 0 Å². The van der Waals surface area contributed by atoms with Crippen LogP contribution >= 0.6 is 24.6 Å². The van der Waals surface area contributed by atoms with Crippen LogP contribution in [0.3, 0.4) is 0 Å². The Hall–Kier alpha value is 0.816. The third-order valence-electron chi connectivity index (χ3n) is 3.24. The second-order valence-corrected chi connectivity index (χ2v) is 10.3. The van der Waals surface area contributed by atoms with Gasteiger partial charge in [-0.2, -0.15) is 0 Å². The number of halogens is 1. The van der Waals surface area contributed by atoms with Gasteiger partial charge in [-0.05, 0) is 33.6 Å². The van der Waals surface area contributed by atoms with Gasteiger partial charge < -0.3 is 0 Å². The molecule has 0 radical (unpaired) electrons. The number of hydrogen-bond acceptors (Lipinski definition) is 1. The lowest BCUT2D eigenvalue weighted by Gasteiger charge is -2.29. The van der Waals surface area contributed by atoms with E-state index in [2.05, 4.69) is 72.8 Å². The van der Waals surface area contributed by atoms with Gasteiger partial charge in [-0.15, -0.1) is 15.5 Å². The van der Waals surface area contributed by atoms with Gasteiger partial charge in [0.2, 0.25) is 0 Å². The highest BCUT2D eigenvalue weighted by Crippen LogP contribution is 2.31. The maximum Gasteiger partial charge on any atom is 0.509 e. The Kier molecular flexibility index (Phi) is 5.69. The van der Waals surface area contributed by atoms with E-state index in [1.165, 1.54) is 16.0 Å². The first-order valence-corrected chi connectivity index (χ1v) is 12.2. The molecule has 0 nitrogen and oxygen atoms in total. The third-order valence-corrected chi connectivity index (χ3v) is 7.01. The molecule has 0 aromatic heterocycles. The van der Waals surface area contributed by atoms with Crippen molar-refractivity contribution in [1.29, 1.82) is 0 Å². The van der Waals surface area contributed by atoms with Crippen LogP contribution in [0.2, 0.25) is 0 Å². The molecule has 0 amide bonds. The summed E-state index contributed by atoms with van der Waals surface area (Å²) in [4.78, 5) is 1.47. The van der Waals surface area contributed by atoms with Crippen molar-refractivity contribution in [2.75, 3.05) is 6.26 Å². The largest absolute Gasteiger partial charge is 0.509 e. The van der Waals surface area contributed by atoms with Gasteiger partial charge in [-0.1, -0.05) is 53.2 Å². The van der Waals surface area contributed by atoms with Gasteiger partial charge in [0, 0.05) is 0 Å². The molecular weight excluding hydrogens is 316 g/mol. The standard InChI is InChI=1S/C15H23S.BrH.Mg/c1-14(2,3)11-8-12(15(4,5)6)10-13(9-11)16-7;;/h8-9H,1-7H3;1H;/q;;+1/p-1. The minimum Gasteiger partial charge on any atom is -0.296 e. The molecule has 0 bridgehead atoms. The zero-order valence-electron chi connectivity index (χ0n) is 12.6. The monoisotopic (exact) mass is 338 g/mol. The number of rotatable bonds is 2. The van der Waals surface area contributed by atoms with E-state index in [9.17, 15) is 0 Å². The molecule has 1 aromatic carbocycles. The van der Waals surface area contributed by atoms with E-state index in [-0.39, 0.29) is 29.0 Å². The van der Waals surface area contributed by atoms with E-state index in [0.29, 0.717) is 0 Å². The van der Waals surface area contributed by atoms with E-state index < -0.39 is 0 Å². The van der Waals surface area contributed by atoms with Crippen molar-refractivity contribution in [2.24, 2.45) is 0 Å². The summed E-state index contributed by atoms with van der Waals surface area (Å²) >= 11 is 5.35. The highest BCUT2D eigenvalue weighted by atomic mass is 79.9. The second kappa shape index (κ2) is 6.07. The van der Waals surface area contributed by atoms with Crippen LogP contribution < -0.4 is 3.69 Å². The molecule has 0 aliphatic carbocycles. The van der Waals surface area contributed by atoms with Crippen LogP contribution in [0.25, 0.3) is 0 Å². The summed E-state index contributed by atoms with van der Waals surface area (Å²) in [5, 5.41) is 0. The highest BCUT2D eigenvalue weighted by Gasteiger charge is 2.24. The van der Waals surface area contributed by atoms with Crippen LogP contribution in [-0.2, 0) is 10.8 Å². The Morgan fingerprint density at radius 3 is 1.89 bits per heavy atom. The maximum atomic E-state index is 3.79. The van der Waals surface area contributed by atoms with Crippen LogP contribution in [-0.4, -0.2) is 24.4 Å². The minimum absolute atomic E-state index is 0.219. The van der Waals surface area contributed by atoms with Crippen molar-refractivity contribution < 1.29 is 0 Å². The van der Waals surface area contributed by atoms with Crippen LogP contribution in [0, 0.1) is 0 Å². The Morgan fingerprint density at radius 1 is 1.00 bits per heavy atom. The van der Waals surface area contributed by atoms with Crippen molar-refractivity contribution in [3.05, 3.63) is 23.3 Å². The van der Waals surface area contributed by atoms with Gasteiger partial charge in [0.05, 0.1) is 0 Å². The quantitative estimate of drug-likeness (QED) is 0.558.